The zero-order valence-corrected chi connectivity index (χ0v) is 15.6. The molecule has 2 aromatic carbocycles. The van der Waals surface area contributed by atoms with E-state index in [1.54, 1.807) is 9.80 Å². The van der Waals surface area contributed by atoms with Crippen LogP contribution in [0.15, 0.2) is 60.7 Å². The number of amides is 2. The lowest BCUT2D eigenvalue weighted by Crippen LogP contribution is -2.48. The number of rotatable bonds is 6. The zero-order chi connectivity index (χ0) is 19.1. The molecule has 1 aliphatic rings. The van der Waals surface area contributed by atoms with Crippen LogP contribution in [0.4, 0.5) is 11.4 Å². The minimum absolute atomic E-state index is 0.0677. The smallest absolute Gasteiger partial charge is 0.257 e. The highest BCUT2D eigenvalue weighted by atomic mass is 16.5. The first kappa shape index (κ1) is 19.1. The standard InChI is InChI=1S/C21H25N3O3/c1-22-12-14-23(15-13-22)20(25)16-27-17-21(26)24(18-8-4-2-5-9-18)19-10-6-3-7-11-19/h2-11H,12-17H2,1H3. The molecule has 2 amide bonds. The maximum Gasteiger partial charge on any atom is 0.257 e. The third-order valence-electron chi connectivity index (χ3n) is 4.59. The first-order valence-corrected chi connectivity index (χ1v) is 9.12. The van der Waals surface area contributed by atoms with Crippen LogP contribution in [0.2, 0.25) is 0 Å². The van der Waals surface area contributed by atoms with Gasteiger partial charge in [0.05, 0.1) is 0 Å². The van der Waals surface area contributed by atoms with Crippen LogP contribution in [-0.2, 0) is 14.3 Å². The highest BCUT2D eigenvalue weighted by Gasteiger charge is 2.21. The quantitative estimate of drug-likeness (QED) is 0.785. The molecule has 1 fully saturated rings. The van der Waals surface area contributed by atoms with E-state index in [0.717, 1.165) is 24.5 Å². The Morgan fingerprint density at radius 2 is 1.37 bits per heavy atom. The van der Waals surface area contributed by atoms with Crippen molar-refractivity contribution in [1.82, 2.24) is 9.80 Å². The van der Waals surface area contributed by atoms with Crippen molar-refractivity contribution in [1.29, 1.82) is 0 Å². The van der Waals surface area contributed by atoms with Gasteiger partial charge in [-0.05, 0) is 31.3 Å². The van der Waals surface area contributed by atoms with Gasteiger partial charge in [-0.15, -0.1) is 0 Å². The summed E-state index contributed by atoms with van der Waals surface area (Å²) in [6.07, 6.45) is 0. The first-order valence-electron chi connectivity index (χ1n) is 9.12. The normalized spacial score (nSPS) is 14.8. The lowest BCUT2D eigenvalue weighted by atomic mass is 10.2. The molecule has 1 saturated heterocycles. The third-order valence-corrected chi connectivity index (χ3v) is 4.59. The van der Waals surface area contributed by atoms with Crippen LogP contribution in [0.5, 0.6) is 0 Å². The molecule has 0 aliphatic carbocycles. The predicted molar refractivity (Wildman–Crippen MR) is 105 cm³/mol. The molecule has 0 bridgehead atoms. The highest BCUT2D eigenvalue weighted by molar-refractivity contribution is 6.01. The Morgan fingerprint density at radius 1 is 0.852 bits per heavy atom. The summed E-state index contributed by atoms with van der Waals surface area (Å²) in [5.41, 5.74) is 1.53. The second-order valence-corrected chi connectivity index (χ2v) is 6.58. The molecule has 0 saturated carbocycles. The second kappa shape index (κ2) is 9.30. The number of nitrogens with zero attached hydrogens (tertiary/aromatic N) is 3. The van der Waals surface area contributed by atoms with Crippen molar-refractivity contribution in [3.63, 3.8) is 0 Å². The summed E-state index contributed by atoms with van der Waals surface area (Å²) in [6, 6.07) is 18.9. The van der Waals surface area contributed by atoms with Crippen molar-refractivity contribution < 1.29 is 14.3 Å². The van der Waals surface area contributed by atoms with Gasteiger partial charge in [0.25, 0.3) is 5.91 Å². The Bertz CT molecular complexity index is 704. The van der Waals surface area contributed by atoms with Gasteiger partial charge < -0.3 is 14.5 Å². The number of hydrogen-bond acceptors (Lipinski definition) is 4. The molecule has 1 heterocycles. The van der Waals surface area contributed by atoms with Gasteiger partial charge in [0.2, 0.25) is 5.91 Å². The van der Waals surface area contributed by atoms with Crippen LogP contribution in [0, 0.1) is 0 Å². The van der Waals surface area contributed by atoms with E-state index in [1.807, 2.05) is 67.7 Å². The monoisotopic (exact) mass is 367 g/mol. The summed E-state index contributed by atoms with van der Waals surface area (Å²) in [4.78, 5) is 30.7. The molecule has 27 heavy (non-hydrogen) atoms. The van der Waals surface area contributed by atoms with E-state index in [-0.39, 0.29) is 25.0 Å². The van der Waals surface area contributed by atoms with Gasteiger partial charge >= 0.3 is 0 Å². The highest BCUT2D eigenvalue weighted by Crippen LogP contribution is 2.25. The summed E-state index contributed by atoms with van der Waals surface area (Å²) in [5, 5.41) is 0. The molecule has 0 radical (unpaired) electrons. The van der Waals surface area contributed by atoms with Gasteiger partial charge in [-0.3, -0.25) is 14.5 Å². The van der Waals surface area contributed by atoms with E-state index in [1.165, 1.54) is 0 Å². The lowest BCUT2D eigenvalue weighted by Gasteiger charge is -2.32. The molecule has 0 unspecified atom stereocenters. The van der Waals surface area contributed by atoms with Crippen LogP contribution in [0.1, 0.15) is 0 Å². The molecule has 2 aromatic rings. The van der Waals surface area contributed by atoms with E-state index in [4.69, 9.17) is 4.74 Å². The molecule has 0 spiro atoms. The predicted octanol–water partition coefficient (Wildman–Crippen LogP) is 2.14. The van der Waals surface area contributed by atoms with E-state index in [0.29, 0.717) is 13.1 Å². The number of hydrogen-bond donors (Lipinski definition) is 0. The van der Waals surface area contributed by atoms with E-state index < -0.39 is 0 Å². The SMILES string of the molecule is CN1CCN(C(=O)COCC(=O)N(c2ccccc2)c2ccccc2)CC1. The van der Waals surface area contributed by atoms with E-state index in [9.17, 15) is 9.59 Å². The molecule has 0 N–H and O–H groups in total. The summed E-state index contributed by atoms with van der Waals surface area (Å²) in [5.74, 6) is -0.277. The molecular weight excluding hydrogens is 342 g/mol. The van der Waals surface area contributed by atoms with Crippen molar-refractivity contribution in [3.8, 4) is 0 Å². The summed E-state index contributed by atoms with van der Waals surface area (Å²) < 4.78 is 5.47. The summed E-state index contributed by atoms with van der Waals surface area (Å²) >= 11 is 0. The van der Waals surface area contributed by atoms with E-state index >= 15 is 0 Å². The number of para-hydroxylation sites is 2. The first-order chi connectivity index (χ1) is 13.1. The van der Waals surface area contributed by atoms with Crippen LogP contribution < -0.4 is 4.90 Å². The van der Waals surface area contributed by atoms with Gasteiger partial charge in [0.15, 0.2) is 0 Å². The van der Waals surface area contributed by atoms with Gasteiger partial charge in [0.1, 0.15) is 13.2 Å². The van der Waals surface area contributed by atoms with E-state index in [2.05, 4.69) is 4.90 Å². The van der Waals surface area contributed by atoms with Crippen molar-refractivity contribution in [3.05, 3.63) is 60.7 Å². The van der Waals surface area contributed by atoms with Crippen molar-refractivity contribution in [2.24, 2.45) is 0 Å². The Balaban J connectivity index is 1.59. The number of anilines is 2. The van der Waals surface area contributed by atoms with Crippen LogP contribution >= 0.6 is 0 Å². The van der Waals surface area contributed by atoms with Crippen LogP contribution in [-0.4, -0.2) is 68.1 Å². The van der Waals surface area contributed by atoms with Crippen molar-refractivity contribution in [2.75, 3.05) is 51.3 Å². The van der Waals surface area contributed by atoms with Gasteiger partial charge in [-0.2, -0.15) is 0 Å². The minimum Gasteiger partial charge on any atom is -0.362 e. The Labute approximate surface area is 159 Å². The van der Waals surface area contributed by atoms with Crippen LogP contribution in [0.3, 0.4) is 0 Å². The number of carbonyl (C=O) groups is 2. The number of likely N-dealkylation sites (N-methyl/N-ethyl adjacent to an activating group) is 1. The molecular formula is C21H25N3O3. The van der Waals surface area contributed by atoms with Gasteiger partial charge in [-0.25, -0.2) is 0 Å². The Hall–Kier alpha value is -2.70. The molecule has 1 aliphatic heterocycles. The zero-order valence-electron chi connectivity index (χ0n) is 15.6. The molecule has 3 rings (SSSR count). The number of ether oxygens (including phenoxy) is 1. The Kier molecular flexibility index (Phi) is 6.57. The number of benzene rings is 2. The number of carbonyl (C=O) groups excluding carboxylic acids is 2. The topological polar surface area (TPSA) is 53.1 Å². The largest absolute Gasteiger partial charge is 0.362 e. The van der Waals surface area contributed by atoms with Crippen molar-refractivity contribution >= 4 is 23.2 Å². The molecule has 0 aromatic heterocycles. The second-order valence-electron chi connectivity index (χ2n) is 6.58. The molecule has 6 heteroatoms. The average Bonchev–Trinajstić information content (AvgIpc) is 2.70. The molecule has 6 nitrogen and oxygen atoms in total. The number of piperazine rings is 1. The molecule has 142 valence electrons. The van der Waals surface area contributed by atoms with Crippen molar-refractivity contribution in [2.45, 2.75) is 0 Å². The summed E-state index contributed by atoms with van der Waals surface area (Å²) in [6.45, 7) is 2.90. The summed E-state index contributed by atoms with van der Waals surface area (Å²) in [7, 11) is 2.04. The maximum atomic E-state index is 12.8. The Morgan fingerprint density at radius 3 is 1.89 bits per heavy atom. The van der Waals surface area contributed by atoms with Gasteiger partial charge in [-0.1, -0.05) is 36.4 Å². The lowest BCUT2D eigenvalue weighted by molar-refractivity contribution is -0.139. The molecule has 0 atom stereocenters. The third kappa shape index (κ3) is 5.15. The van der Waals surface area contributed by atoms with Gasteiger partial charge in [0, 0.05) is 37.6 Å². The fourth-order valence-electron chi connectivity index (χ4n) is 3.03. The average molecular weight is 367 g/mol. The fraction of sp³-hybridized carbons (Fsp3) is 0.333. The van der Waals surface area contributed by atoms with Crippen LogP contribution in [0.25, 0.3) is 0 Å². The fourth-order valence-corrected chi connectivity index (χ4v) is 3.03. The minimum atomic E-state index is -0.210. The maximum absolute atomic E-state index is 12.8.